The third-order valence-electron chi connectivity index (χ3n) is 4.21. The van der Waals surface area contributed by atoms with Crippen molar-refractivity contribution in [3.05, 3.63) is 71.5 Å². The second-order valence-corrected chi connectivity index (χ2v) is 5.84. The van der Waals surface area contributed by atoms with Gasteiger partial charge in [0.15, 0.2) is 0 Å². The molecule has 1 aliphatic heterocycles. The minimum atomic E-state index is -0.306. The molecule has 24 heavy (non-hydrogen) atoms. The summed E-state index contributed by atoms with van der Waals surface area (Å²) in [7, 11) is 0. The minimum absolute atomic E-state index is 0.00114. The lowest BCUT2D eigenvalue weighted by atomic mass is 10.1. The zero-order chi connectivity index (χ0) is 16.9. The summed E-state index contributed by atoms with van der Waals surface area (Å²) in [5.41, 5.74) is 1.47. The van der Waals surface area contributed by atoms with Crippen LogP contribution in [0.25, 0.3) is 0 Å². The molecule has 0 unspecified atom stereocenters. The second-order valence-electron chi connectivity index (χ2n) is 5.84. The van der Waals surface area contributed by atoms with Gasteiger partial charge >= 0.3 is 0 Å². The molecule has 1 heterocycles. The molecule has 0 aromatic heterocycles. The standard InChI is InChI=1S/C19H19FN2O2/c20-17-8-6-15(7-9-17)14-18(23)21-10-12-22(13-11-21)19(24)16-4-2-1-3-5-16/h1-9H,10-14H2. The van der Waals surface area contributed by atoms with Gasteiger partial charge in [-0.05, 0) is 29.8 Å². The van der Waals surface area contributed by atoms with Crippen LogP contribution in [-0.2, 0) is 11.2 Å². The van der Waals surface area contributed by atoms with Gasteiger partial charge < -0.3 is 9.80 Å². The van der Waals surface area contributed by atoms with Crippen LogP contribution in [0, 0.1) is 5.82 Å². The van der Waals surface area contributed by atoms with Gasteiger partial charge in [-0.2, -0.15) is 0 Å². The van der Waals surface area contributed by atoms with E-state index in [0.717, 1.165) is 5.56 Å². The first-order valence-electron chi connectivity index (χ1n) is 8.00. The number of piperazine rings is 1. The Labute approximate surface area is 140 Å². The van der Waals surface area contributed by atoms with Crippen molar-refractivity contribution < 1.29 is 14.0 Å². The SMILES string of the molecule is O=C(Cc1ccc(F)cc1)N1CCN(C(=O)c2ccccc2)CC1. The van der Waals surface area contributed by atoms with Crippen molar-refractivity contribution in [2.45, 2.75) is 6.42 Å². The molecule has 2 amide bonds. The molecule has 124 valence electrons. The maximum absolute atomic E-state index is 12.9. The maximum atomic E-state index is 12.9. The van der Waals surface area contributed by atoms with E-state index in [9.17, 15) is 14.0 Å². The highest BCUT2D eigenvalue weighted by molar-refractivity contribution is 5.94. The lowest BCUT2D eigenvalue weighted by Gasteiger charge is -2.35. The van der Waals surface area contributed by atoms with Gasteiger partial charge in [-0.1, -0.05) is 30.3 Å². The van der Waals surface area contributed by atoms with Gasteiger partial charge in [0, 0.05) is 31.7 Å². The fourth-order valence-corrected chi connectivity index (χ4v) is 2.81. The fraction of sp³-hybridized carbons (Fsp3) is 0.263. The summed E-state index contributed by atoms with van der Waals surface area (Å²) in [5, 5.41) is 0. The predicted octanol–water partition coefficient (Wildman–Crippen LogP) is 2.35. The number of benzene rings is 2. The number of nitrogens with zero attached hydrogens (tertiary/aromatic N) is 2. The number of carbonyl (C=O) groups excluding carboxylic acids is 2. The molecule has 2 aromatic rings. The Morgan fingerprint density at radius 3 is 2.04 bits per heavy atom. The average molecular weight is 326 g/mol. The lowest BCUT2D eigenvalue weighted by Crippen LogP contribution is -2.51. The summed E-state index contributed by atoms with van der Waals surface area (Å²) in [4.78, 5) is 28.3. The molecule has 1 fully saturated rings. The Balaban J connectivity index is 1.54. The van der Waals surface area contributed by atoms with E-state index >= 15 is 0 Å². The van der Waals surface area contributed by atoms with E-state index < -0.39 is 0 Å². The van der Waals surface area contributed by atoms with Crippen LogP contribution in [0.2, 0.25) is 0 Å². The van der Waals surface area contributed by atoms with Crippen molar-refractivity contribution in [1.82, 2.24) is 9.80 Å². The summed E-state index contributed by atoms with van der Waals surface area (Å²) in [6.07, 6.45) is 0.257. The molecule has 4 nitrogen and oxygen atoms in total. The zero-order valence-electron chi connectivity index (χ0n) is 13.3. The summed E-state index contributed by atoms with van der Waals surface area (Å²) in [5.74, 6) is -0.297. The van der Waals surface area contributed by atoms with Crippen molar-refractivity contribution in [2.24, 2.45) is 0 Å². The molecule has 0 bridgehead atoms. The summed E-state index contributed by atoms with van der Waals surface area (Å²) in [6.45, 7) is 2.11. The van der Waals surface area contributed by atoms with Crippen LogP contribution in [0.15, 0.2) is 54.6 Å². The molecule has 0 N–H and O–H groups in total. The smallest absolute Gasteiger partial charge is 0.253 e. The van der Waals surface area contributed by atoms with E-state index in [1.54, 1.807) is 34.1 Å². The van der Waals surface area contributed by atoms with Crippen molar-refractivity contribution >= 4 is 11.8 Å². The third kappa shape index (κ3) is 3.79. The van der Waals surface area contributed by atoms with Crippen molar-refractivity contribution in [3.8, 4) is 0 Å². The molecule has 3 rings (SSSR count). The molecule has 5 heteroatoms. The van der Waals surface area contributed by atoms with Gasteiger partial charge in [-0.15, -0.1) is 0 Å². The molecule has 2 aromatic carbocycles. The monoisotopic (exact) mass is 326 g/mol. The normalized spacial score (nSPS) is 14.5. The maximum Gasteiger partial charge on any atom is 0.253 e. The van der Waals surface area contributed by atoms with E-state index in [2.05, 4.69) is 0 Å². The van der Waals surface area contributed by atoms with Crippen LogP contribution in [0.3, 0.4) is 0 Å². The van der Waals surface area contributed by atoms with E-state index in [1.165, 1.54) is 12.1 Å². The van der Waals surface area contributed by atoms with Crippen LogP contribution in [0.5, 0.6) is 0 Å². The summed E-state index contributed by atoms with van der Waals surface area (Å²) < 4.78 is 12.9. The lowest BCUT2D eigenvalue weighted by molar-refractivity contribution is -0.131. The third-order valence-corrected chi connectivity index (χ3v) is 4.21. The Bertz CT molecular complexity index is 708. The predicted molar refractivity (Wildman–Crippen MR) is 89.0 cm³/mol. The molecule has 0 spiro atoms. The fourth-order valence-electron chi connectivity index (χ4n) is 2.81. The Morgan fingerprint density at radius 2 is 1.42 bits per heavy atom. The van der Waals surface area contributed by atoms with Crippen LogP contribution in [0.4, 0.5) is 4.39 Å². The first-order valence-corrected chi connectivity index (χ1v) is 8.00. The Kier molecular flexibility index (Phi) is 4.89. The largest absolute Gasteiger partial charge is 0.339 e. The summed E-state index contributed by atoms with van der Waals surface area (Å²) in [6, 6.07) is 15.1. The van der Waals surface area contributed by atoms with Gasteiger partial charge in [0.05, 0.1) is 6.42 Å². The van der Waals surface area contributed by atoms with Crippen LogP contribution in [0.1, 0.15) is 15.9 Å². The Hall–Kier alpha value is -2.69. The van der Waals surface area contributed by atoms with E-state index in [4.69, 9.17) is 0 Å². The molecular weight excluding hydrogens is 307 g/mol. The van der Waals surface area contributed by atoms with Crippen LogP contribution >= 0.6 is 0 Å². The van der Waals surface area contributed by atoms with Gasteiger partial charge in [-0.3, -0.25) is 9.59 Å². The highest BCUT2D eigenvalue weighted by atomic mass is 19.1. The van der Waals surface area contributed by atoms with Gasteiger partial charge in [-0.25, -0.2) is 4.39 Å². The van der Waals surface area contributed by atoms with Gasteiger partial charge in [0.25, 0.3) is 5.91 Å². The van der Waals surface area contributed by atoms with E-state index in [-0.39, 0.29) is 24.1 Å². The molecule has 1 aliphatic rings. The number of halogens is 1. The number of hydrogen-bond donors (Lipinski definition) is 0. The van der Waals surface area contributed by atoms with Crippen molar-refractivity contribution in [3.63, 3.8) is 0 Å². The number of rotatable bonds is 3. The highest BCUT2D eigenvalue weighted by Gasteiger charge is 2.24. The highest BCUT2D eigenvalue weighted by Crippen LogP contribution is 2.11. The first kappa shape index (κ1) is 16.2. The van der Waals surface area contributed by atoms with Crippen LogP contribution < -0.4 is 0 Å². The number of hydrogen-bond acceptors (Lipinski definition) is 2. The van der Waals surface area contributed by atoms with E-state index in [0.29, 0.717) is 31.7 Å². The average Bonchev–Trinajstić information content (AvgIpc) is 2.64. The molecule has 0 aliphatic carbocycles. The van der Waals surface area contributed by atoms with E-state index in [1.807, 2.05) is 18.2 Å². The first-order chi connectivity index (χ1) is 11.6. The zero-order valence-corrected chi connectivity index (χ0v) is 13.3. The molecule has 0 radical (unpaired) electrons. The molecule has 0 saturated carbocycles. The molecule has 1 saturated heterocycles. The molecular formula is C19H19FN2O2. The topological polar surface area (TPSA) is 40.6 Å². The summed E-state index contributed by atoms with van der Waals surface area (Å²) >= 11 is 0. The van der Waals surface area contributed by atoms with Gasteiger partial charge in [0.1, 0.15) is 5.82 Å². The quantitative estimate of drug-likeness (QED) is 0.869. The Morgan fingerprint density at radius 1 is 0.833 bits per heavy atom. The minimum Gasteiger partial charge on any atom is -0.339 e. The van der Waals surface area contributed by atoms with Crippen molar-refractivity contribution in [2.75, 3.05) is 26.2 Å². The van der Waals surface area contributed by atoms with Gasteiger partial charge in [0.2, 0.25) is 5.91 Å². The molecule has 0 atom stereocenters. The number of amides is 2. The second kappa shape index (κ2) is 7.25. The van der Waals surface area contributed by atoms with Crippen molar-refractivity contribution in [1.29, 1.82) is 0 Å². The van der Waals surface area contributed by atoms with Crippen LogP contribution in [-0.4, -0.2) is 47.8 Å². The number of carbonyl (C=O) groups is 2.